The number of imidazole rings is 2. The molecule has 4 rings (SSSR count). The maximum Gasteiger partial charge on any atom is 0.115 e. The van der Waals surface area contributed by atoms with Gasteiger partial charge in [-0.3, -0.25) is 0 Å². The summed E-state index contributed by atoms with van der Waals surface area (Å²) in [5.74, 6) is 1.12. The van der Waals surface area contributed by atoms with E-state index in [1.54, 1.807) is 0 Å². The maximum atomic E-state index is 6.24. The van der Waals surface area contributed by atoms with Gasteiger partial charge in [-0.05, 0) is 24.1 Å². The highest BCUT2D eigenvalue weighted by molar-refractivity contribution is 8.01. The number of halogens is 1. The van der Waals surface area contributed by atoms with Gasteiger partial charge in [0.05, 0.1) is 17.0 Å². The van der Waals surface area contributed by atoms with Crippen LogP contribution >= 0.6 is 23.4 Å². The Bertz CT molecular complexity index is 844. The van der Waals surface area contributed by atoms with Gasteiger partial charge in [0, 0.05) is 41.3 Å². The molecule has 122 valence electrons. The second-order valence-corrected chi connectivity index (χ2v) is 7.88. The molecule has 0 saturated carbocycles. The summed E-state index contributed by atoms with van der Waals surface area (Å²) in [6.07, 6.45) is 12.2. The predicted octanol–water partition coefficient (Wildman–Crippen LogP) is 4.51. The van der Waals surface area contributed by atoms with Gasteiger partial charge in [-0.25, -0.2) is 9.97 Å². The van der Waals surface area contributed by atoms with E-state index in [1.165, 1.54) is 10.5 Å². The number of thioether (sulfide) groups is 1. The minimum absolute atomic E-state index is 0.118. The SMILES string of the molecule is C=CC[C@]1(Cn2ccnc2)Sc2cc(Cl)ccc2[C@@H]1c1ncc[nH]1. The molecule has 1 aromatic carbocycles. The first-order chi connectivity index (χ1) is 11.7. The van der Waals surface area contributed by atoms with Gasteiger partial charge in [-0.15, -0.1) is 18.3 Å². The van der Waals surface area contributed by atoms with Crippen LogP contribution in [0.3, 0.4) is 0 Å². The van der Waals surface area contributed by atoms with Gasteiger partial charge in [0.15, 0.2) is 0 Å². The Balaban J connectivity index is 1.86. The van der Waals surface area contributed by atoms with Crippen molar-refractivity contribution in [3.63, 3.8) is 0 Å². The molecule has 1 aliphatic heterocycles. The second kappa shape index (κ2) is 6.15. The largest absolute Gasteiger partial charge is 0.348 e. The Labute approximate surface area is 150 Å². The van der Waals surface area contributed by atoms with Gasteiger partial charge in [0.2, 0.25) is 0 Å². The summed E-state index contributed by atoms with van der Waals surface area (Å²) in [7, 11) is 0. The van der Waals surface area contributed by atoms with Gasteiger partial charge < -0.3 is 9.55 Å². The molecule has 0 fully saturated rings. The van der Waals surface area contributed by atoms with Gasteiger partial charge >= 0.3 is 0 Å². The molecule has 0 radical (unpaired) electrons. The van der Waals surface area contributed by atoms with E-state index in [0.717, 1.165) is 23.8 Å². The molecule has 1 aliphatic rings. The van der Waals surface area contributed by atoms with Crippen molar-refractivity contribution in [1.29, 1.82) is 0 Å². The second-order valence-electron chi connectivity index (χ2n) is 5.98. The lowest BCUT2D eigenvalue weighted by Crippen LogP contribution is -2.35. The van der Waals surface area contributed by atoms with Crippen LogP contribution in [0.1, 0.15) is 23.7 Å². The van der Waals surface area contributed by atoms with Crippen molar-refractivity contribution < 1.29 is 0 Å². The number of H-pyrrole nitrogens is 1. The summed E-state index contributed by atoms with van der Waals surface area (Å²) in [6, 6.07) is 6.13. The fourth-order valence-corrected chi connectivity index (χ4v) is 5.45. The van der Waals surface area contributed by atoms with Gasteiger partial charge in [0.1, 0.15) is 5.82 Å². The lowest BCUT2D eigenvalue weighted by molar-refractivity contribution is 0.448. The van der Waals surface area contributed by atoms with Crippen molar-refractivity contribution in [3.05, 3.63) is 78.4 Å². The molecule has 0 aliphatic carbocycles. The number of allylic oxidation sites excluding steroid dienone is 1. The van der Waals surface area contributed by atoms with Crippen molar-refractivity contribution in [1.82, 2.24) is 19.5 Å². The quantitative estimate of drug-likeness (QED) is 0.684. The van der Waals surface area contributed by atoms with Crippen LogP contribution in [0, 0.1) is 0 Å². The number of rotatable bonds is 5. The highest BCUT2D eigenvalue weighted by atomic mass is 35.5. The lowest BCUT2D eigenvalue weighted by Gasteiger charge is -2.33. The lowest BCUT2D eigenvalue weighted by atomic mass is 9.82. The first-order valence-electron chi connectivity index (χ1n) is 7.76. The average molecular weight is 357 g/mol. The van der Waals surface area contributed by atoms with E-state index in [2.05, 4.69) is 38.2 Å². The van der Waals surface area contributed by atoms with E-state index in [4.69, 9.17) is 11.6 Å². The molecule has 3 heterocycles. The number of nitrogens with one attached hydrogen (secondary N) is 1. The van der Waals surface area contributed by atoms with Crippen LogP contribution in [0.25, 0.3) is 0 Å². The first kappa shape index (κ1) is 15.5. The molecule has 0 unspecified atom stereocenters. The molecule has 0 spiro atoms. The Hall–Kier alpha value is -1.98. The molecule has 4 nitrogen and oxygen atoms in total. The highest BCUT2D eigenvalue weighted by Crippen LogP contribution is 2.58. The van der Waals surface area contributed by atoms with Crippen LogP contribution in [0.2, 0.25) is 5.02 Å². The van der Waals surface area contributed by atoms with Crippen molar-refractivity contribution in [3.8, 4) is 0 Å². The average Bonchev–Trinajstić information content (AvgIpc) is 3.27. The molecule has 24 heavy (non-hydrogen) atoms. The minimum Gasteiger partial charge on any atom is -0.348 e. The summed E-state index contributed by atoms with van der Waals surface area (Å²) in [5, 5.41) is 0.761. The van der Waals surface area contributed by atoms with E-state index in [0.29, 0.717) is 0 Å². The third-order valence-electron chi connectivity index (χ3n) is 4.42. The third-order valence-corrected chi connectivity index (χ3v) is 6.16. The predicted molar refractivity (Wildman–Crippen MR) is 97.5 cm³/mol. The van der Waals surface area contributed by atoms with E-state index in [9.17, 15) is 0 Å². The van der Waals surface area contributed by atoms with Crippen LogP contribution in [-0.4, -0.2) is 24.3 Å². The van der Waals surface area contributed by atoms with E-state index >= 15 is 0 Å². The van der Waals surface area contributed by atoms with Crippen LogP contribution < -0.4 is 0 Å². The normalized spacial score (nSPS) is 22.5. The molecule has 0 saturated heterocycles. The fourth-order valence-electron chi connectivity index (χ4n) is 3.51. The molecule has 3 aromatic rings. The van der Waals surface area contributed by atoms with E-state index < -0.39 is 0 Å². The number of hydrogen-bond acceptors (Lipinski definition) is 3. The molecule has 0 amide bonds. The zero-order valence-electron chi connectivity index (χ0n) is 13.0. The fraction of sp³-hybridized carbons (Fsp3) is 0.222. The summed E-state index contributed by atoms with van der Waals surface area (Å²) in [4.78, 5) is 13.3. The number of aromatic amines is 1. The molecule has 2 atom stereocenters. The van der Waals surface area contributed by atoms with Gasteiger partial charge in [-0.1, -0.05) is 23.7 Å². The summed E-state index contributed by atoms with van der Waals surface area (Å²) >= 11 is 8.10. The Morgan fingerprint density at radius 1 is 1.42 bits per heavy atom. The van der Waals surface area contributed by atoms with Crippen molar-refractivity contribution in [2.75, 3.05) is 0 Å². The molecule has 2 aromatic heterocycles. The summed E-state index contributed by atoms with van der Waals surface area (Å²) in [5.41, 5.74) is 1.27. The van der Waals surface area contributed by atoms with E-state index in [1.807, 2.05) is 55.0 Å². The molecule has 6 heteroatoms. The smallest absolute Gasteiger partial charge is 0.115 e. The summed E-state index contributed by atoms with van der Waals surface area (Å²) in [6.45, 7) is 4.82. The van der Waals surface area contributed by atoms with Crippen molar-refractivity contribution in [2.24, 2.45) is 0 Å². The molecule has 0 bridgehead atoms. The standard InChI is InChI=1S/C18H17ClN4S/c1-2-5-18(11-23-9-8-20-12-23)16(17-21-6-7-22-17)14-4-3-13(19)10-15(14)24-18/h2-4,6-10,12,16H,1,5,11H2,(H,21,22)/t16-,18-/m1/s1. The highest BCUT2D eigenvalue weighted by Gasteiger charge is 2.48. The summed E-state index contributed by atoms with van der Waals surface area (Å²) < 4.78 is 2.01. The first-order valence-corrected chi connectivity index (χ1v) is 8.96. The topological polar surface area (TPSA) is 46.5 Å². The molecule has 1 N–H and O–H groups in total. The third kappa shape index (κ3) is 2.58. The molecular formula is C18H17ClN4S. The van der Waals surface area contributed by atoms with Crippen molar-refractivity contribution in [2.45, 2.75) is 28.5 Å². The maximum absolute atomic E-state index is 6.24. The number of aromatic nitrogens is 4. The zero-order chi connectivity index (χ0) is 16.6. The zero-order valence-corrected chi connectivity index (χ0v) is 14.6. The Morgan fingerprint density at radius 2 is 2.33 bits per heavy atom. The molecular weight excluding hydrogens is 340 g/mol. The van der Waals surface area contributed by atoms with Crippen LogP contribution in [0.4, 0.5) is 0 Å². The van der Waals surface area contributed by atoms with Crippen molar-refractivity contribution >= 4 is 23.4 Å². The van der Waals surface area contributed by atoms with Gasteiger partial charge in [-0.2, -0.15) is 0 Å². The Kier molecular flexibility index (Phi) is 3.98. The van der Waals surface area contributed by atoms with E-state index in [-0.39, 0.29) is 10.7 Å². The van der Waals surface area contributed by atoms with Gasteiger partial charge in [0.25, 0.3) is 0 Å². The monoisotopic (exact) mass is 356 g/mol. The van der Waals surface area contributed by atoms with Crippen LogP contribution in [-0.2, 0) is 6.54 Å². The van der Waals surface area contributed by atoms with Crippen LogP contribution in [0.5, 0.6) is 0 Å². The van der Waals surface area contributed by atoms with Crippen LogP contribution in [0.15, 0.2) is 66.9 Å². The Morgan fingerprint density at radius 3 is 3.04 bits per heavy atom. The number of benzene rings is 1. The minimum atomic E-state index is -0.118. The number of nitrogens with zero attached hydrogens (tertiary/aromatic N) is 3. The number of hydrogen-bond donors (Lipinski definition) is 1. The number of fused-ring (bicyclic) bond motifs is 1.